The Balaban J connectivity index is 1.56. The Hall–Kier alpha value is -2.14. The van der Waals surface area contributed by atoms with Crippen molar-refractivity contribution < 1.29 is 9.47 Å². The van der Waals surface area contributed by atoms with Crippen molar-refractivity contribution >= 4 is 5.95 Å². The summed E-state index contributed by atoms with van der Waals surface area (Å²) in [7, 11) is 0. The maximum Gasteiger partial charge on any atom is 0.226 e. The first-order chi connectivity index (χ1) is 12.8. The van der Waals surface area contributed by atoms with E-state index in [1.165, 1.54) is 25.7 Å². The minimum absolute atomic E-state index is 0.0655. The van der Waals surface area contributed by atoms with Crippen LogP contribution in [0.25, 0.3) is 11.1 Å². The number of nitrogens with one attached hydrogen (secondary N) is 1. The summed E-state index contributed by atoms with van der Waals surface area (Å²) in [6.07, 6.45) is 7.74. The van der Waals surface area contributed by atoms with Crippen molar-refractivity contribution in [1.82, 2.24) is 9.97 Å². The lowest BCUT2D eigenvalue weighted by Crippen LogP contribution is -2.26. The van der Waals surface area contributed by atoms with Crippen LogP contribution >= 0.6 is 0 Å². The molecule has 5 heteroatoms. The van der Waals surface area contributed by atoms with E-state index in [-0.39, 0.29) is 6.10 Å². The van der Waals surface area contributed by atoms with E-state index in [0.717, 1.165) is 30.1 Å². The third-order valence-corrected chi connectivity index (χ3v) is 5.35. The van der Waals surface area contributed by atoms with Gasteiger partial charge in [-0.2, -0.15) is 4.98 Å². The first-order valence-corrected chi connectivity index (χ1v) is 9.71. The van der Waals surface area contributed by atoms with E-state index in [9.17, 15) is 0 Å². The molecule has 138 valence electrons. The van der Waals surface area contributed by atoms with Gasteiger partial charge in [-0.3, -0.25) is 0 Å². The number of hydrogen-bond donors (Lipinski definition) is 1. The number of benzene rings is 1. The van der Waals surface area contributed by atoms with E-state index >= 15 is 0 Å². The zero-order chi connectivity index (χ0) is 17.8. The molecule has 1 aromatic carbocycles. The Morgan fingerprint density at radius 1 is 1.08 bits per heavy atom. The lowest BCUT2D eigenvalue weighted by Gasteiger charge is -2.27. The second-order valence-electron chi connectivity index (χ2n) is 7.48. The number of anilines is 1. The standard InChI is InChI=1S/C21H27N3O2/c1-15-7-9-17(10-8-15)23-21-22-13-19(16-5-3-2-4-6-16)20(24-21)26-18-11-12-25-14-18/h2-6,13,15,17-18H,7-12,14H2,1H3,(H,22,23,24)/t15-,17+,18?. The molecule has 0 bridgehead atoms. The fourth-order valence-corrected chi connectivity index (χ4v) is 3.69. The molecule has 5 nitrogen and oxygen atoms in total. The molecule has 1 atom stereocenters. The summed E-state index contributed by atoms with van der Waals surface area (Å²) in [5.74, 6) is 2.14. The van der Waals surface area contributed by atoms with Crippen molar-refractivity contribution in [3.05, 3.63) is 36.5 Å². The normalized spacial score (nSPS) is 25.8. The molecule has 1 aromatic heterocycles. The van der Waals surface area contributed by atoms with Crippen molar-refractivity contribution in [2.45, 2.75) is 51.2 Å². The van der Waals surface area contributed by atoms with Gasteiger partial charge in [-0.25, -0.2) is 4.98 Å². The van der Waals surface area contributed by atoms with Gasteiger partial charge in [0.05, 0.1) is 18.8 Å². The summed E-state index contributed by atoms with van der Waals surface area (Å²) >= 11 is 0. The molecule has 1 aliphatic heterocycles. The highest BCUT2D eigenvalue weighted by molar-refractivity contribution is 5.68. The molecule has 1 saturated heterocycles. The zero-order valence-electron chi connectivity index (χ0n) is 15.4. The fraction of sp³-hybridized carbons (Fsp3) is 0.524. The second kappa shape index (κ2) is 8.04. The molecule has 26 heavy (non-hydrogen) atoms. The van der Waals surface area contributed by atoms with Gasteiger partial charge in [-0.15, -0.1) is 0 Å². The maximum atomic E-state index is 6.19. The van der Waals surface area contributed by atoms with Gasteiger partial charge in [-0.05, 0) is 37.2 Å². The third-order valence-electron chi connectivity index (χ3n) is 5.35. The van der Waals surface area contributed by atoms with Crippen molar-refractivity contribution in [3.8, 4) is 17.0 Å². The van der Waals surface area contributed by atoms with Crippen LogP contribution in [0.2, 0.25) is 0 Å². The van der Waals surface area contributed by atoms with E-state index in [1.807, 2.05) is 24.4 Å². The number of rotatable bonds is 5. The number of hydrogen-bond acceptors (Lipinski definition) is 5. The molecular formula is C21H27N3O2. The molecule has 2 aliphatic rings. The van der Waals surface area contributed by atoms with Crippen LogP contribution in [-0.4, -0.2) is 35.3 Å². The summed E-state index contributed by atoms with van der Waals surface area (Å²) < 4.78 is 11.6. The molecule has 2 heterocycles. The summed E-state index contributed by atoms with van der Waals surface area (Å²) in [5, 5.41) is 3.51. The van der Waals surface area contributed by atoms with Crippen molar-refractivity contribution in [2.24, 2.45) is 5.92 Å². The molecular weight excluding hydrogens is 326 g/mol. The molecule has 1 aliphatic carbocycles. The minimum atomic E-state index is 0.0655. The third kappa shape index (κ3) is 4.15. The zero-order valence-corrected chi connectivity index (χ0v) is 15.4. The largest absolute Gasteiger partial charge is 0.471 e. The van der Waals surface area contributed by atoms with Crippen molar-refractivity contribution in [3.63, 3.8) is 0 Å². The Kier molecular flexibility index (Phi) is 5.34. The second-order valence-corrected chi connectivity index (χ2v) is 7.48. The van der Waals surface area contributed by atoms with Crippen LogP contribution in [0.4, 0.5) is 5.95 Å². The first kappa shape index (κ1) is 17.3. The Bertz CT molecular complexity index is 708. The highest BCUT2D eigenvalue weighted by atomic mass is 16.5. The van der Waals surface area contributed by atoms with Gasteiger partial charge < -0.3 is 14.8 Å². The molecule has 1 N–H and O–H groups in total. The average Bonchev–Trinajstić information content (AvgIpc) is 3.18. The van der Waals surface area contributed by atoms with Gasteiger partial charge in [0.15, 0.2) is 0 Å². The minimum Gasteiger partial charge on any atom is -0.471 e. The molecule has 0 spiro atoms. The Morgan fingerprint density at radius 2 is 1.88 bits per heavy atom. The summed E-state index contributed by atoms with van der Waals surface area (Å²) in [4.78, 5) is 9.30. The van der Waals surface area contributed by atoms with Gasteiger partial charge in [-0.1, -0.05) is 37.3 Å². The lowest BCUT2D eigenvalue weighted by atomic mass is 9.87. The van der Waals surface area contributed by atoms with Gasteiger partial charge in [0.2, 0.25) is 11.8 Å². The predicted octanol–water partition coefficient (Wildman–Crippen LogP) is 4.30. The Labute approximate surface area is 155 Å². The summed E-state index contributed by atoms with van der Waals surface area (Å²) in [6.45, 7) is 3.71. The maximum absolute atomic E-state index is 6.19. The highest BCUT2D eigenvalue weighted by Gasteiger charge is 2.22. The molecule has 2 fully saturated rings. The lowest BCUT2D eigenvalue weighted by molar-refractivity contribution is 0.138. The van der Waals surface area contributed by atoms with E-state index < -0.39 is 0 Å². The molecule has 1 saturated carbocycles. The summed E-state index contributed by atoms with van der Waals surface area (Å²) in [5.41, 5.74) is 2.00. The van der Waals surface area contributed by atoms with Gasteiger partial charge in [0, 0.05) is 18.7 Å². The molecule has 1 unspecified atom stereocenters. The van der Waals surface area contributed by atoms with Crippen LogP contribution in [0.5, 0.6) is 5.88 Å². The quantitative estimate of drug-likeness (QED) is 0.868. The molecule has 0 radical (unpaired) electrons. The molecule has 4 rings (SSSR count). The van der Waals surface area contributed by atoms with Gasteiger partial charge >= 0.3 is 0 Å². The fourth-order valence-electron chi connectivity index (χ4n) is 3.69. The van der Waals surface area contributed by atoms with E-state index in [0.29, 0.717) is 24.5 Å². The number of aromatic nitrogens is 2. The van der Waals surface area contributed by atoms with Crippen LogP contribution in [0.15, 0.2) is 36.5 Å². The number of nitrogens with zero attached hydrogens (tertiary/aromatic N) is 2. The number of ether oxygens (including phenoxy) is 2. The van der Waals surface area contributed by atoms with Crippen LogP contribution in [-0.2, 0) is 4.74 Å². The topological polar surface area (TPSA) is 56.3 Å². The smallest absolute Gasteiger partial charge is 0.226 e. The van der Waals surface area contributed by atoms with Crippen molar-refractivity contribution in [2.75, 3.05) is 18.5 Å². The summed E-state index contributed by atoms with van der Waals surface area (Å²) in [6, 6.07) is 10.6. The molecule has 0 amide bonds. The SMILES string of the molecule is C[C@H]1CC[C@@H](Nc2ncc(-c3ccccc3)c(OC3CCOC3)n2)CC1. The van der Waals surface area contributed by atoms with E-state index in [2.05, 4.69) is 29.4 Å². The van der Waals surface area contributed by atoms with Crippen molar-refractivity contribution in [1.29, 1.82) is 0 Å². The van der Waals surface area contributed by atoms with Crippen LogP contribution in [0.3, 0.4) is 0 Å². The van der Waals surface area contributed by atoms with E-state index in [4.69, 9.17) is 14.5 Å². The van der Waals surface area contributed by atoms with E-state index in [1.54, 1.807) is 0 Å². The van der Waals surface area contributed by atoms with Crippen LogP contribution in [0.1, 0.15) is 39.0 Å². The first-order valence-electron chi connectivity index (χ1n) is 9.71. The molecule has 2 aromatic rings. The van der Waals surface area contributed by atoms with Crippen LogP contribution in [0, 0.1) is 5.92 Å². The predicted molar refractivity (Wildman–Crippen MR) is 102 cm³/mol. The Morgan fingerprint density at radius 3 is 2.62 bits per heavy atom. The van der Waals surface area contributed by atoms with Gasteiger partial charge in [0.25, 0.3) is 0 Å². The highest BCUT2D eigenvalue weighted by Crippen LogP contribution is 2.31. The van der Waals surface area contributed by atoms with Gasteiger partial charge in [0.1, 0.15) is 6.10 Å². The average molecular weight is 353 g/mol. The van der Waals surface area contributed by atoms with Crippen LogP contribution < -0.4 is 10.1 Å². The monoisotopic (exact) mass is 353 g/mol.